The van der Waals surface area contributed by atoms with E-state index in [-0.39, 0.29) is 0 Å². The second kappa shape index (κ2) is 4.64. The van der Waals surface area contributed by atoms with Crippen LogP contribution in [-0.2, 0) is 0 Å². The fraction of sp³-hybridized carbons (Fsp3) is 0.250. The van der Waals surface area contributed by atoms with E-state index in [0.717, 1.165) is 0 Å². The summed E-state index contributed by atoms with van der Waals surface area (Å²) in [6, 6.07) is 0. The maximum absolute atomic E-state index is 3.65. The molecule has 0 heterocycles. The van der Waals surface area contributed by atoms with Gasteiger partial charge < -0.3 is 0 Å². The maximum Gasteiger partial charge on any atom is 0.101 e. The van der Waals surface area contributed by atoms with E-state index >= 15 is 0 Å². The van der Waals surface area contributed by atoms with Gasteiger partial charge in [-0.15, -0.1) is 0 Å². The number of hydrogen-bond acceptors (Lipinski definition) is 2. The molecule has 0 fully saturated rings. The third kappa shape index (κ3) is 5.49. The molecule has 0 aromatic rings. The molecule has 4 heteroatoms. The normalized spacial score (nSPS) is 9.25. The summed E-state index contributed by atoms with van der Waals surface area (Å²) in [5.74, 6) is 0. The molecule has 0 amide bonds. The van der Waals surface area contributed by atoms with Crippen molar-refractivity contribution in [3.05, 3.63) is 11.2 Å². The van der Waals surface area contributed by atoms with Crippen LogP contribution in [0.3, 0.4) is 0 Å². The van der Waals surface area contributed by atoms with Crippen LogP contribution in [0.2, 0.25) is 0 Å². The van der Waals surface area contributed by atoms with Crippen molar-refractivity contribution >= 4 is 22.3 Å². The Balaban J connectivity index is 3.05. The first-order valence-electron chi connectivity index (χ1n) is 2.04. The molecule has 0 aliphatic carbocycles. The van der Waals surface area contributed by atoms with E-state index in [1.54, 1.807) is 7.05 Å². The molecule has 0 saturated carbocycles. The summed E-state index contributed by atoms with van der Waals surface area (Å²) in [7, 11) is 1.67. The molecule has 0 aromatic carbocycles. The molecule has 0 aliphatic heterocycles. The van der Waals surface area contributed by atoms with Crippen LogP contribution in [0.5, 0.6) is 0 Å². The van der Waals surface area contributed by atoms with E-state index in [1.807, 2.05) is 0 Å². The van der Waals surface area contributed by atoms with Gasteiger partial charge in [0.25, 0.3) is 0 Å². The second-order valence-electron chi connectivity index (χ2n) is 1.06. The van der Waals surface area contributed by atoms with Gasteiger partial charge in [0.1, 0.15) is 6.34 Å². The highest BCUT2D eigenvalue weighted by Crippen LogP contribution is 1.89. The van der Waals surface area contributed by atoms with Gasteiger partial charge in [-0.05, 0) is 15.9 Å². The fourth-order valence-electron chi connectivity index (χ4n) is 0.175. The summed E-state index contributed by atoms with van der Waals surface area (Å²) in [5.41, 5.74) is 5.32. The average Bonchev–Trinajstić information content (AvgIpc) is 1.66. The maximum atomic E-state index is 3.65. The number of hydrazine groups is 1. The van der Waals surface area contributed by atoms with E-state index < -0.39 is 0 Å². The number of aliphatic imine (C=N–C) groups is 1. The standard InChI is InChI=1S/C4H8BrN3/c1-4(5)8-7-3-6-2/h3,8H,1H2,2H3,(H,6,7). The van der Waals surface area contributed by atoms with Crippen LogP contribution in [0.15, 0.2) is 16.2 Å². The lowest BCUT2D eigenvalue weighted by molar-refractivity contribution is 0.826. The SMILES string of the molecule is C=C(Br)NNC=NC. The van der Waals surface area contributed by atoms with Crippen molar-refractivity contribution < 1.29 is 0 Å². The molecule has 0 atom stereocenters. The Morgan fingerprint density at radius 1 is 1.88 bits per heavy atom. The van der Waals surface area contributed by atoms with E-state index in [9.17, 15) is 0 Å². The summed E-state index contributed by atoms with van der Waals surface area (Å²) >= 11 is 3.07. The van der Waals surface area contributed by atoms with Crippen LogP contribution < -0.4 is 10.9 Å². The van der Waals surface area contributed by atoms with E-state index in [2.05, 4.69) is 38.4 Å². The van der Waals surface area contributed by atoms with Crippen LogP contribution in [0.25, 0.3) is 0 Å². The van der Waals surface area contributed by atoms with Crippen molar-refractivity contribution in [2.24, 2.45) is 4.99 Å². The van der Waals surface area contributed by atoms with Gasteiger partial charge in [-0.3, -0.25) is 15.8 Å². The Kier molecular flexibility index (Phi) is 4.35. The molecular weight excluding hydrogens is 170 g/mol. The summed E-state index contributed by atoms with van der Waals surface area (Å²) in [6.07, 6.45) is 1.52. The lowest BCUT2D eigenvalue weighted by atomic mass is 11.0. The summed E-state index contributed by atoms with van der Waals surface area (Å²) < 4.78 is 0.678. The highest BCUT2D eigenvalue weighted by Gasteiger charge is 1.74. The Labute approximate surface area is 57.0 Å². The summed E-state index contributed by atoms with van der Waals surface area (Å²) in [5, 5.41) is 0. The zero-order valence-electron chi connectivity index (χ0n) is 4.61. The molecule has 0 aromatic heterocycles. The molecule has 3 nitrogen and oxygen atoms in total. The van der Waals surface area contributed by atoms with Crippen molar-refractivity contribution in [2.75, 3.05) is 7.05 Å². The largest absolute Gasteiger partial charge is 0.294 e. The Morgan fingerprint density at radius 2 is 2.50 bits per heavy atom. The predicted molar refractivity (Wildman–Crippen MR) is 38.8 cm³/mol. The minimum Gasteiger partial charge on any atom is -0.294 e. The van der Waals surface area contributed by atoms with Crippen LogP contribution in [-0.4, -0.2) is 13.4 Å². The fourth-order valence-corrected chi connectivity index (χ4v) is 0.290. The highest BCUT2D eigenvalue weighted by molar-refractivity contribution is 9.11. The first-order chi connectivity index (χ1) is 3.77. The topological polar surface area (TPSA) is 36.4 Å². The Hall–Kier alpha value is -0.510. The molecule has 8 heavy (non-hydrogen) atoms. The monoisotopic (exact) mass is 177 g/mol. The third-order valence-electron chi connectivity index (χ3n) is 0.401. The van der Waals surface area contributed by atoms with Crippen molar-refractivity contribution in [2.45, 2.75) is 0 Å². The molecule has 46 valence electrons. The molecule has 0 spiro atoms. The molecular formula is C4H8BrN3. The zero-order chi connectivity index (χ0) is 6.41. The van der Waals surface area contributed by atoms with Gasteiger partial charge in [-0.2, -0.15) is 0 Å². The van der Waals surface area contributed by atoms with E-state index in [0.29, 0.717) is 4.61 Å². The van der Waals surface area contributed by atoms with Gasteiger partial charge in [0, 0.05) is 7.05 Å². The average molecular weight is 178 g/mol. The second-order valence-corrected chi connectivity index (χ2v) is 2.02. The van der Waals surface area contributed by atoms with Crippen LogP contribution >= 0.6 is 15.9 Å². The Morgan fingerprint density at radius 3 is 2.88 bits per heavy atom. The van der Waals surface area contributed by atoms with Crippen LogP contribution in [0, 0.1) is 0 Å². The lowest BCUT2D eigenvalue weighted by Crippen LogP contribution is -2.26. The van der Waals surface area contributed by atoms with E-state index in [4.69, 9.17) is 0 Å². The van der Waals surface area contributed by atoms with Crippen molar-refractivity contribution in [1.82, 2.24) is 10.9 Å². The number of nitrogens with zero attached hydrogens (tertiary/aromatic N) is 1. The lowest BCUT2D eigenvalue weighted by Gasteiger charge is -1.98. The van der Waals surface area contributed by atoms with Crippen LogP contribution in [0.1, 0.15) is 0 Å². The third-order valence-corrected chi connectivity index (χ3v) is 0.600. The summed E-state index contributed by atoms with van der Waals surface area (Å²) in [6.45, 7) is 3.51. The first-order valence-corrected chi connectivity index (χ1v) is 2.83. The molecule has 0 unspecified atom stereocenters. The zero-order valence-corrected chi connectivity index (χ0v) is 6.20. The molecule has 0 radical (unpaired) electrons. The number of hydrogen-bond donors (Lipinski definition) is 2. The highest BCUT2D eigenvalue weighted by atomic mass is 79.9. The minimum absolute atomic E-state index is 0.678. The van der Waals surface area contributed by atoms with Gasteiger partial charge >= 0.3 is 0 Å². The molecule has 0 bridgehead atoms. The summed E-state index contributed by atoms with van der Waals surface area (Å²) in [4.78, 5) is 3.65. The minimum atomic E-state index is 0.678. The van der Waals surface area contributed by atoms with Gasteiger partial charge in [-0.1, -0.05) is 6.58 Å². The number of halogens is 1. The predicted octanol–water partition coefficient (Wildman–Crippen LogP) is 0.605. The van der Waals surface area contributed by atoms with E-state index in [1.165, 1.54) is 6.34 Å². The van der Waals surface area contributed by atoms with Gasteiger partial charge in [-0.25, -0.2) is 0 Å². The van der Waals surface area contributed by atoms with Crippen molar-refractivity contribution in [3.8, 4) is 0 Å². The smallest absolute Gasteiger partial charge is 0.101 e. The van der Waals surface area contributed by atoms with Crippen molar-refractivity contribution in [3.63, 3.8) is 0 Å². The quantitative estimate of drug-likeness (QED) is 0.287. The number of rotatable bonds is 3. The van der Waals surface area contributed by atoms with Gasteiger partial charge in [0.15, 0.2) is 0 Å². The van der Waals surface area contributed by atoms with Crippen LogP contribution in [0.4, 0.5) is 0 Å². The van der Waals surface area contributed by atoms with Gasteiger partial charge in [0.2, 0.25) is 0 Å². The number of nitrogens with one attached hydrogen (secondary N) is 2. The Bertz CT molecular complexity index is 99.5. The molecule has 0 aliphatic rings. The first kappa shape index (κ1) is 7.49. The molecule has 0 rings (SSSR count). The molecule has 2 N–H and O–H groups in total. The van der Waals surface area contributed by atoms with Gasteiger partial charge in [0.05, 0.1) is 4.61 Å². The van der Waals surface area contributed by atoms with Crippen molar-refractivity contribution in [1.29, 1.82) is 0 Å². The molecule has 0 saturated heterocycles.